The lowest BCUT2D eigenvalue weighted by Gasteiger charge is -2.03. The number of rotatable bonds is 6. The van der Waals surface area contributed by atoms with Crippen LogP contribution in [0.1, 0.15) is 18.1 Å². The second-order valence-corrected chi connectivity index (χ2v) is 7.65. The standard InChI is InChI=1S/C20H20N2OS2/c1-3-15-6-8-16(9-7-15)18-12-25-20(21-18)22-19(23)13-24-17-10-4-14(2)5-11-17/h4-12H,3,13H2,1-2H3,(H,21,22,23). The molecule has 0 aliphatic carbocycles. The van der Waals surface area contributed by atoms with Gasteiger partial charge in [0.15, 0.2) is 5.13 Å². The molecular formula is C20H20N2OS2. The van der Waals surface area contributed by atoms with Crippen molar-refractivity contribution in [3.63, 3.8) is 0 Å². The Kier molecular flexibility index (Phi) is 5.89. The Hall–Kier alpha value is -2.11. The molecule has 3 rings (SSSR count). The van der Waals surface area contributed by atoms with E-state index in [0.717, 1.165) is 22.6 Å². The fraction of sp³-hybridized carbons (Fsp3) is 0.200. The normalized spacial score (nSPS) is 10.6. The second-order valence-electron chi connectivity index (χ2n) is 5.74. The van der Waals surface area contributed by atoms with Crippen LogP contribution in [-0.4, -0.2) is 16.6 Å². The number of aromatic nitrogens is 1. The monoisotopic (exact) mass is 368 g/mol. The number of carbonyl (C=O) groups excluding carboxylic acids is 1. The molecule has 0 radical (unpaired) electrons. The second kappa shape index (κ2) is 8.32. The molecule has 0 spiro atoms. The first-order valence-corrected chi connectivity index (χ1v) is 10.0. The summed E-state index contributed by atoms with van der Waals surface area (Å²) in [6.07, 6.45) is 1.03. The molecule has 2 aromatic carbocycles. The molecule has 1 N–H and O–H groups in total. The summed E-state index contributed by atoms with van der Waals surface area (Å²) in [4.78, 5) is 17.7. The van der Waals surface area contributed by atoms with Gasteiger partial charge in [0.2, 0.25) is 5.91 Å². The summed E-state index contributed by atoms with van der Waals surface area (Å²) in [5.41, 5.74) is 4.49. The average molecular weight is 369 g/mol. The molecule has 3 aromatic rings. The molecule has 1 aromatic heterocycles. The van der Waals surface area contributed by atoms with E-state index in [1.165, 1.54) is 34.2 Å². The number of nitrogens with one attached hydrogen (secondary N) is 1. The Morgan fingerprint density at radius 2 is 1.84 bits per heavy atom. The SMILES string of the molecule is CCc1ccc(-c2csc(NC(=O)CSc3ccc(C)cc3)n2)cc1. The number of hydrogen-bond acceptors (Lipinski definition) is 4. The van der Waals surface area contributed by atoms with Crippen LogP contribution in [0.2, 0.25) is 0 Å². The van der Waals surface area contributed by atoms with E-state index in [0.29, 0.717) is 10.9 Å². The number of aryl methyl sites for hydroxylation is 2. The van der Waals surface area contributed by atoms with Gasteiger partial charge in [0.1, 0.15) is 0 Å². The van der Waals surface area contributed by atoms with E-state index in [1.54, 1.807) is 0 Å². The maximum Gasteiger partial charge on any atom is 0.236 e. The smallest absolute Gasteiger partial charge is 0.236 e. The van der Waals surface area contributed by atoms with E-state index in [4.69, 9.17) is 0 Å². The summed E-state index contributed by atoms with van der Waals surface area (Å²) < 4.78 is 0. The van der Waals surface area contributed by atoms with Crippen LogP contribution in [-0.2, 0) is 11.2 Å². The number of anilines is 1. The van der Waals surface area contributed by atoms with E-state index in [1.807, 2.05) is 17.5 Å². The number of thiazole rings is 1. The Morgan fingerprint density at radius 1 is 1.12 bits per heavy atom. The molecular weight excluding hydrogens is 348 g/mol. The van der Waals surface area contributed by atoms with Crippen LogP contribution in [0.5, 0.6) is 0 Å². The van der Waals surface area contributed by atoms with Gasteiger partial charge in [-0.15, -0.1) is 23.1 Å². The molecule has 128 valence electrons. The van der Waals surface area contributed by atoms with Crippen LogP contribution in [0.15, 0.2) is 58.8 Å². The minimum atomic E-state index is -0.0344. The van der Waals surface area contributed by atoms with Crippen molar-refractivity contribution in [2.45, 2.75) is 25.2 Å². The largest absolute Gasteiger partial charge is 0.301 e. The Morgan fingerprint density at radius 3 is 2.52 bits per heavy atom. The third kappa shape index (κ3) is 4.94. The fourth-order valence-corrected chi connectivity index (χ4v) is 3.75. The van der Waals surface area contributed by atoms with Crippen molar-refractivity contribution in [1.29, 1.82) is 0 Å². The maximum absolute atomic E-state index is 12.1. The van der Waals surface area contributed by atoms with Gasteiger partial charge in [0.05, 0.1) is 11.4 Å². The third-order valence-electron chi connectivity index (χ3n) is 3.80. The molecule has 1 heterocycles. The molecule has 0 aliphatic rings. The van der Waals surface area contributed by atoms with E-state index < -0.39 is 0 Å². The first-order valence-electron chi connectivity index (χ1n) is 8.18. The van der Waals surface area contributed by atoms with Crippen LogP contribution < -0.4 is 5.32 Å². The average Bonchev–Trinajstić information content (AvgIpc) is 3.10. The summed E-state index contributed by atoms with van der Waals surface area (Å²) in [6, 6.07) is 16.6. The summed E-state index contributed by atoms with van der Waals surface area (Å²) in [5.74, 6) is 0.344. The van der Waals surface area contributed by atoms with Crippen LogP contribution in [0.4, 0.5) is 5.13 Å². The highest BCUT2D eigenvalue weighted by molar-refractivity contribution is 8.00. The van der Waals surface area contributed by atoms with Crippen molar-refractivity contribution >= 4 is 34.1 Å². The van der Waals surface area contributed by atoms with Gasteiger partial charge in [0.25, 0.3) is 0 Å². The molecule has 25 heavy (non-hydrogen) atoms. The van der Waals surface area contributed by atoms with Crippen molar-refractivity contribution < 1.29 is 4.79 Å². The van der Waals surface area contributed by atoms with Gasteiger partial charge < -0.3 is 5.32 Å². The molecule has 1 amide bonds. The Balaban J connectivity index is 1.56. The van der Waals surface area contributed by atoms with Crippen LogP contribution in [0, 0.1) is 6.92 Å². The van der Waals surface area contributed by atoms with E-state index >= 15 is 0 Å². The number of thioether (sulfide) groups is 1. The third-order valence-corrected chi connectivity index (χ3v) is 5.57. The predicted molar refractivity (Wildman–Crippen MR) is 107 cm³/mol. The summed E-state index contributed by atoms with van der Waals surface area (Å²) >= 11 is 2.98. The van der Waals surface area contributed by atoms with Gasteiger partial charge in [-0.3, -0.25) is 4.79 Å². The van der Waals surface area contributed by atoms with Crippen molar-refractivity contribution in [2.75, 3.05) is 11.1 Å². The lowest BCUT2D eigenvalue weighted by Crippen LogP contribution is -2.13. The zero-order chi connectivity index (χ0) is 17.6. The molecule has 0 bridgehead atoms. The fourth-order valence-electron chi connectivity index (χ4n) is 2.31. The molecule has 0 saturated carbocycles. The van der Waals surface area contributed by atoms with E-state index in [2.05, 4.69) is 60.5 Å². The lowest BCUT2D eigenvalue weighted by atomic mass is 10.1. The molecule has 0 saturated heterocycles. The molecule has 0 atom stereocenters. The quantitative estimate of drug-likeness (QED) is 0.591. The van der Waals surface area contributed by atoms with Crippen molar-refractivity contribution in [3.8, 4) is 11.3 Å². The van der Waals surface area contributed by atoms with Gasteiger partial charge >= 0.3 is 0 Å². The number of benzene rings is 2. The minimum Gasteiger partial charge on any atom is -0.301 e. The van der Waals surface area contributed by atoms with Crippen molar-refractivity contribution in [1.82, 2.24) is 4.98 Å². The van der Waals surface area contributed by atoms with Crippen LogP contribution in [0.3, 0.4) is 0 Å². The van der Waals surface area contributed by atoms with Gasteiger partial charge in [-0.2, -0.15) is 0 Å². The zero-order valence-corrected chi connectivity index (χ0v) is 15.9. The number of amides is 1. The summed E-state index contributed by atoms with van der Waals surface area (Å²) in [6.45, 7) is 4.19. The lowest BCUT2D eigenvalue weighted by molar-refractivity contribution is -0.113. The van der Waals surface area contributed by atoms with Gasteiger partial charge in [-0.25, -0.2) is 4.98 Å². The highest BCUT2D eigenvalue weighted by Gasteiger charge is 2.09. The first kappa shape index (κ1) is 17.7. The highest BCUT2D eigenvalue weighted by Crippen LogP contribution is 2.26. The Bertz CT molecular complexity index is 839. The molecule has 0 unspecified atom stereocenters. The molecule has 0 fully saturated rings. The Labute approximate surface area is 156 Å². The number of hydrogen-bond donors (Lipinski definition) is 1. The van der Waals surface area contributed by atoms with Gasteiger partial charge in [-0.1, -0.05) is 48.9 Å². The van der Waals surface area contributed by atoms with Gasteiger partial charge in [0, 0.05) is 15.8 Å². The summed E-state index contributed by atoms with van der Waals surface area (Å²) in [7, 11) is 0. The number of carbonyl (C=O) groups is 1. The topological polar surface area (TPSA) is 42.0 Å². The first-order chi connectivity index (χ1) is 12.1. The maximum atomic E-state index is 12.1. The van der Waals surface area contributed by atoms with Crippen LogP contribution >= 0.6 is 23.1 Å². The van der Waals surface area contributed by atoms with Crippen molar-refractivity contribution in [2.24, 2.45) is 0 Å². The predicted octanol–water partition coefficient (Wildman–Crippen LogP) is 5.41. The summed E-state index contributed by atoms with van der Waals surface area (Å²) in [5, 5.41) is 5.50. The molecule has 0 aliphatic heterocycles. The van der Waals surface area contributed by atoms with E-state index in [-0.39, 0.29) is 5.91 Å². The molecule has 5 heteroatoms. The molecule has 3 nitrogen and oxygen atoms in total. The van der Waals surface area contributed by atoms with Crippen LogP contribution in [0.25, 0.3) is 11.3 Å². The number of nitrogens with zero attached hydrogens (tertiary/aromatic N) is 1. The van der Waals surface area contributed by atoms with Crippen molar-refractivity contribution in [3.05, 3.63) is 65.0 Å². The van der Waals surface area contributed by atoms with E-state index in [9.17, 15) is 4.79 Å². The van der Waals surface area contributed by atoms with Gasteiger partial charge in [-0.05, 0) is 31.0 Å². The zero-order valence-electron chi connectivity index (χ0n) is 14.3. The highest BCUT2D eigenvalue weighted by atomic mass is 32.2. The minimum absolute atomic E-state index is 0.0344.